The van der Waals surface area contributed by atoms with E-state index in [1.54, 1.807) is 0 Å². The van der Waals surface area contributed by atoms with Gasteiger partial charge in [-0.1, -0.05) is 62.3 Å². The number of unbranched alkanes of at least 4 members (excludes halogenated alkanes) is 3. The fourth-order valence-corrected chi connectivity index (χ4v) is 2.99. The largest absolute Gasteiger partial charge is 0.379 e. The number of nitrogens with zero attached hydrogens (tertiary/aromatic N) is 2. The number of aromatic nitrogens is 2. The van der Waals surface area contributed by atoms with Crippen LogP contribution in [0.3, 0.4) is 0 Å². The van der Waals surface area contributed by atoms with Crippen LogP contribution in [0.5, 0.6) is 0 Å². The average molecular weight is 379 g/mol. The monoisotopic (exact) mass is 378 g/mol. The van der Waals surface area contributed by atoms with Crippen molar-refractivity contribution in [3.05, 3.63) is 66.8 Å². The first-order chi connectivity index (χ1) is 13.7. The molecule has 3 heteroatoms. The van der Waals surface area contributed by atoms with E-state index in [2.05, 4.69) is 66.8 Å². The van der Waals surface area contributed by atoms with Crippen LogP contribution in [0, 0.1) is 0 Å². The lowest BCUT2D eigenvalue weighted by Crippen LogP contribution is -2.08. The first kappa shape index (κ1) is 22.0. The summed E-state index contributed by atoms with van der Waals surface area (Å²) in [5, 5.41) is 0. The number of ether oxygens (including phenoxy) is 1. The smallest absolute Gasteiger partial charge is 0.131 e. The zero-order chi connectivity index (χ0) is 20.0. The van der Waals surface area contributed by atoms with E-state index in [0.717, 1.165) is 42.8 Å². The third kappa shape index (κ3) is 8.18. The van der Waals surface area contributed by atoms with Gasteiger partial charge in [0.2, 0.25) is 0 Å². The fourth-order valence-electron chi connectivity index (χ4n) is 2.99. The molecule has 0 radical (unpaired) electrons. The first-order valence-corrected chi connectivity index (χ1v) is 10.5. The highest BCUT2D eigenvalue weighted by molar-refractivity contribution is 5.64. The minimum Gasteiger partial charge on any atom is -0.379 e. The molecule has 0 aliphatic carbocycles. The van der Waals surface area contributed by atoms with Crippen molar-refractivity contribution in [3.63, 3.8) is 0 Å². The van der Waals surface area contributed by atoms with Crippen molar-refractivity contribution in [2.45, 2.75) is 64.9 Å². The minimum atomic E-state index is 0.365. The third-order valence-corrected chi connectivity index (χ3v) is 4.72. The van der Waals surface area contributed by atoms with Crippen molar-refractivity contribution < 1.29 is 4.74 Å². The summed E-state index contributed by atoms with van der Waals surface area (Å²) in [6.07, 6.45) is 18.2. The van der Waals surface area contributed by atoms with Gasteiger partial charge in [0.1, 0.15) is 5.82 Å². The maximum absolute atomic E-state index is 5.85. The van der Waals surface area contributed by atoms with Crippen molar-refractivity contribution in [2.24, 2.45) is 0 Å². The first-order valence-electron chi connectivity index (χ1n) is 10.5. The number of allylic oxidation sites excluding steroid dienone is 2. The van der Waals surface area contributed by atoms with Crippen LogP contribution in [-0.2, 0) is 11.2 Å². The molecule has 3 nitrogen and oxygen atoms in total. The van der Waals surface area contributed by atoms with Gasteiger partial charge >= 0.3 is 0 Å². The van der Waals surface area contributed by atoms with Gasteiger partial charge in [-0.3, -0.25) is 0 Å². The van der Waals surface area contributed by atoms with Gasteiger partial charge in [0.25, 0.3) is 0 Å². The maximum atomic E-state index is 5.85. The zero-order valence-electron chi connectivity index (χ0n) is 17.4. The molecule has 150 valence electrons. The molecule has 0 bridgehead atoms. The molecule has 0 saturated heterocycles. The lowest BCUT2D eigenvalue weighted by Gasteiger charge is -2.12. The highest BCUT2D eigenvalue weighted by atomic mass is 16.5. The maximum Gasteiger partial charge on any atom is 0.131 e. The summed E-state index contributed by atoms with van der Waals surface area (Å²) in [6.45, 7) is 9.02. The van der Waals surface area contributed by atoms with Crippen LogP contribution >= 0.6 is 0 Å². The summed E-state index contributed by atoms with van der Waals surface area (Å²) in [4.78, 5) is 8.75. The molecular weight excluding hydrogens is 344 g/mol. The van der Waals surface area contributed by atoms with Crippen molar-refractivity contribution in [1.29, 1.82) is 0 Å². The molecule has 28 heavy (non-hydrogen) atoms. The van der Waals surface area contributed by atoms with Crippen LogP contribution in [0.25, 0.3) is 17.2 Å². The second-order valence-corrected chi connectivity index (χ2v) is 7.22. The zero-order valence-corrected chi connectivity index (χ0v) is 17.4. The van der Waals surface area contributed by atoms with E-state index >= 15 is 0 Å². The van der Waals surface area contributed by atoms with Gasteiger partial charge in [-0.05, 0) is 43.7 Å². The van der Waals surface area contributed by atoms with Crippen molar-refractivity contribution in [2.75, 3.05) is 6.61 Å². The van der Waals surface area contributed by atoms with Crippen molar-refractivity contribution in [1.82, 2.24) is 9.97 Å². The third-order valence-electron chi connectivity index (χ3n) is 4.72. The Labute approximate surface area is 170 Å². The average Bonchev–Trinajstić information content (AvgIpc) is 2.72. The second kappa shape index (κ2) is 13.0. The predicted molar refractivity (Wildman–Crippen MR) is 119 cm³/mol. The summed E-state index contributed by atoms with van der Waals surface area (Å²) in [5.74, 6) is 0.805. The number of hydrogen-bond acceptors (Lipinski definition) is 3. The highest BCUT2D eigenvalue weighted by Crippen LogP contribution is 2.19. The Bertz CT molecular complexity index is 704. The van der Waals surface area contributed by atoms with E-state index in [1.807, 2.05) is 18.5 Å². The quantitative estimate of drug-likeness (QED) is 0.289. The molecule has 0 aliphatic heterocycles. The standard InChI is InChI=1S/C25H34N2O/c1-4-6-10-18-28-21(3)12-8-7-9-13-22-14-16-23(17-15-22)24-19-26-25(11-5-2)27-20-24/h5,9,13-17,19-21H,2,4,6-8,10-12,18H2,1,3H3. The van der Waals surface area contributed by atoms with Gasteiger partial charge in [-0.15, -0.1) is 6.58 Å². The Morgan fingerprint density at radius 3 is 2.46 bits per heavy atom. The molecule has 0 amide bonds. The molecule has 2 aromatic rings. The molecular formula is C25H34N2O. The van der Waals surface area contributed by atoms with Crippen molar-refractivity contribution >= 4 is 6.08 Å². The summed E-state index contributed by atoms with van der Waals surface area (Å²) in [7, 11) is 0. The Kier molecular flexibility index (Phi) is 10.2. The summed E-state index contributed by atoms with van der Waals surface area (Å²) < 4.78 is 5.85. The van der Waals surface area contributed by atoms with Crippen LogP contribution in [0.15, 0.2) is 55.4 Å². The minimum absolute atomic E-state index is 0.365. The molecule has 1 aromatic carbocycles. The van der Waals surface area contributed by atoms with Crippen LogP contribution in [0.4, 0.5) is 0 Å². The summed E-state index contributed by atoms with van der Waals surface area (Å²) >= 11 is 0. The second-order valence-electron chi connectivity index (χ2n) is 7.22. The van der Waals surface area contributed by atoms with Gasteiger partial charge < -0.3 is 4.74 Å². The van der Waals surface area contributed by atoms with Crippen LogP contribution in [0.2, 0.25) is 0 Å². The van der Waals surface area contributed by atoms with E-state index in [0.29, 0.717) is 12.5 Å². The normalized spacial score (nSPS) is 12.4. The molecule has 1 unspecified atom stereocenters. The molecule has 0 spiro atoms. The van der Waals surface area contributed by atoms with E-state index in [4.69, 9.17) is 4.74 Å². The summed E-state index contributed by atoms with van der Waals surface area (Å²) in [5.41, 5.74) is 3.39. The number of rotatable bonds is 13. The Morgan fingerprint density at radius 1 is 1.04 bits per heavy atom. The number of benzene rings is 1. The molecule has 1 aromatic heterocycles. The lowest BCUT2D eigenvalue weighted by atomic mass is 10.1. The number of hydrogen-bond donors (Lipinski definition) is 0. The van der Waals surface area contributed by atoms with Gasteiger partial charge in [0.15, 0.2) is 0 Å². The Balaban J connectivity index is 1.72. The molecule has 0 N–H and O–H groups in total. The Hall–Kier alpha value is -2.26. The van der Waals surface area contributed by atoms with E-state index in [-0.39, 0.29) is 0 Å². The molecule has 0 fully saturated rings. The molecule has 0 saturated carbocycles. The van der Waals surface area contributed by atoms with Gasteiger partial charge in [0.05, 0.1) is 6.10 Å². The van der Waals surface area contributed by atoms with Crippen molar-refractivity contribution in [3.8, 4) is 11.1 Å². The van der Waals surface area contributed by atoms with Gasteiger partial charge in [0, 0.05) is 31.0 Å². The fraction of sp³-hybridized carbons (Fsp3) is 0.440. The topological polar surface area (TPSA) is 35.0 Å². The van der Waals surface area contributed by atoms with E-state index < -0.39 is 0 Å². The molecule has 1 heterocycles. The predicted octanol–water partition coefficient (Wildman–Crippen LogP) is 6.65. The van der Waals surface area contributed by atoms with Crippen LogP contribution in [0.1, 0.15) is 63.8 Å². The lowest BCUT2D eigenvalue weighted by molar-refractivity contribution is 0.0566. The SMILES string of the molecule is C=CCc1ncc(-c2ccc(C=CCCCC(C)OCCCCC)cc2)cn1. The van der Waals surface area contributed by atoms with Gasteiger partial charge in [-0.2, -0.15) is 0 Å². The Morgan fingerprint density at radius 2 is 1.79 bits per heavy atom. The molecule has 0 aliphatic rings. The van der Waals surface area contributed by atoms with E-state index in [9.17, 15) is 0 Å². The van der Waals surface area contributed by atoms with Crippen LogP contribution in [-0.4, -0.2) is 22.7 Å². The molecule has 1 atom stereocenters. The van der Waals surface area contributed by atoms with Gasteiger partial charge in [-0.25, -0.2) is 9.97 Å². The van der Waals surface area contributed by atoms with Crippen LogP contribution < -0.4 is 0 Å². The summed E-state index contributed by atoms with van der Waals surface area (Å²) in [6, 6.07) is 8.53. The molecule has 2 rings (SSSR count). The van der Waals surface area contributed by atoms with E-state index in [1.165, 1.54) is 24.8 Å². The highest BCUT2D eigenvalue weighted by Gasteiger charge is 2.01.